The second-order valence-electron chi connectivity index (χ2n) is 5.07. The van der Waals surface area contributed by atoms with E-state index in [0.717, 1.165) is 31.5 Å². The van der Waals surface area contributed by atoms with Crippen LogP contribution in [0.15, 0.2) is 16.8 Å². The van der Waals surface area contributed by atoms with Crippen LogP contribution in [0.3, 0.4) is 0 Å². The standard InChI is InChI=1S/C14H18N4O2S/c1-20-14(19)12-13(11-3-2-6-15-11)18(17-16-12)7-4-10-5-8-21-9-10/h5,8-9,11,15H,2-4,6-7H2,1H3. The second-order valence-corrected chi connectivity index (χ2v) is 5.85. The molecule has 2 aromatic rings. The number of methoxy groups -OCH3 is 1. The van der Waals surface area contributed by atoms with Crippen molar-refractivity contribution in [2.24, 2.45) is 0 Å². The minimum atomic E-state index is -0.416. The molecule has 6 nitrogen and oxygen atoms in total. The van der Waals surface area contributed by atoms with Crippen LogP contribution in [0, 0.1) is 0 Å². The number of ether oxygens (including phenoxy) is 1. The highest BCUT2D eigenvalue weighted by molar-refractivity contribution is 7.07. The number of aryl methyl sites for hydroxylation is 2. The van der Waals surface area contributed by atoms with Crippen LogP contribution in [-0.4, -0.2) is 34.6 Å². The third kappa shape index (κ3) is 2.98. The van der Waals surface area contributed by atoms with Gasteiger partial charge in [0.15, 0.2) is 5.69 Å². The van der Waals surface area contributed by atoms with E-state index in [1.807, 2.05) is 4.68 Å². The largest absolute Gasteiger partial charge is 0.464 e. The molecule has 0 saturated carbocycles. The van der Waals surface area contributed by atoms with Crippen molar-refractivity contribution in [1.82, 2.24) is 20.3 Å². The molecule has 1 unspecified atom stereocenters. The summed E-state index contributed by atoms with van der Waals surface area (Å²) in [5.41, 5.74) is 2.47. The van der Waals surface area contributed by atoms with E-state index in [1.165, 1.54) is 12.7 Å². The fourth-order valence-corrected chi connectivity index (χ4v) is 3.36. The lowest BCUT2D eigenvalue weighted by atomic mass is 10.1. The van der Waals surface area contributed by atoms with Gasteiger partial charge in [0.2, 0.25) is 0 Å². The number of nitrogens with zero attached hydrogens (tertiary/aromatic N) is 3. The van der Waals surface area contributed by atoms with Crippen molar-refractivity contribution in [2.75, 3.05) is 13.7 Å². The van der Waals surface area contributed by atoms with Gasteiger partial charge < -0.3 is 10.1 Å². The van der Waals surface area contributed by atoms with Crippen molar-refractivity contribution in [3.05, 3.63) is 33.8 Å². The number of thiophene rings is 1. The van der Waals surface area contributed by atoms with Gasteiger partial charge in [0.05, 0.1) is 18.8 Å². The highest BCUT2D eigenvalue weighted by atomic mass is 32.1. The van der Waals surface area contributed by atoms with Gasteiger partial charge in [-0.25, -0.2) is 9.48 Å². The molecule has 21 heavy (non-hydrogen) atoms. The minimum Gasteiger partial charge on any atom is -0.464 e. The topological polar surface area (TPSA) is 69.0 Å². The van der Waals surface area contributed by atoms with Crippen LogP contribution in [0.25, 0.3) is 0 Å². The van der Waals surface area contributed by atoms with Crippen LogP contribution in [0.1, 0.15) is 40.6 Å². The third-order valence-electron chi connectivity index (χ3n) is 3.73. The summed E-state index contributed by atoms with van der Waals surface area (Å²) in [5, 5.41) is 15.8. The van der Waals surface area contributed by atoms with Gasteiger partial charge in [0.25, 0.3) is 0 Å². The first-order valence-electron chi connectivity index (χ1n) is 7.05. The average molecular weight is 306 g/mol. The molecule has 1 N–H and O–H groups in total. The Labute approximate surface area is 127 Å². The second kappa shape index (κ2) is 6.36. The van der Waals surface area contributed by atoms with Gasteiger partial charge in [0.1, 0.15) is 0 Å². The molecule has 1 aliphatic rings. The first kappa shape index (κ1) is 14.2. The average Bonchev–Trinajstić information content (AvgIpc) is 3.22. The Hall–Kier alpha value is -1.73. The van der Waals surface area contributed by atoms with Gasteiger partial charge in [-0.05, 0) is 48.2 Å². The van der Waals surface area contributed by atoms with Crippen molar-refractivity contribution in [2.45, 2.75) is 31.8 Å². The Morgan fingerprint density at radius 1 is 1.62 bits per heavy atom. The lowest BCUT2D eigenvalue weighted by Crippen LogP contribution is -2.21. The zero-order valence-corrected chi connectivity index (χ0v) is 12.7. The number of rotatable bonds is 5. The zero-order chi connectivity index (χ0) is 14.7. The van der Waals surface area contributed by atoms with E-state index in [9.17, 15) is 4.79 Å². The van der Waals surface area contributed by atoms with E-state index in [2.05, 4.69) is 32.5 Å². The SMILES string of the molecule is COC(=O)c1nnn(CCc2ccsc2)c1C1CCCN1. The van der Waals surface area contributed by atoms with Crippen LogP contribution in [0.5, 0.6) is 0 Å². The molecule has 1 saturated heterocycles. The first-order valence-corrected chi connectivity index (χ1v) is 8.00. The zero-order valence-electron chi connectivity index (χ0n) is 11.9. The monoisotopic (exact) mass is 306 g/mol. The molecule has 3 rings (SSSR count). The number of carbonyl (C=O) groups is 1. The highest BCUT2D eigenvalue weighted by Crippen LogP contribution is 2.25. The molecular weight excluding hydrogens is 288 g/mol. The summed E-state index contributed by atoms with van der Waals surface area (Å²) in [4.78, 5) is 11.9. The summed E-state index contributed by atoms with van der Waals surface area (Å²) in [7, 11) is 1.37. The molecule has 112 valence electrons. The van der Waals surface area contributed by atoms with Gasteiger partial charge in [-0.1, -0.05) is 5.21 Å². The molecule has 1 atom stereocenters. The number of aromatic nitrogens is 3. The summed E-state index contributed by atoms with van der Waals surface area (Å²) in [6.45, 7) is 1.68. The molecule has 7 heteroatoms. The van der Waals surface area contributed by atoms with Crippen LogP contribution in [0.4, 0.5) is 0 Å². The van der Waals surface area contributed by atoms with E-state index >= 15 is 0 Å². The van der Waals surface area contributed by atoms with E-state index in [-0.39, 0.29) is 6.04 Å². The summed E-state index contributed by atoms with van der Waals surface area (Å²) in [6.07, 6.45) is 2.98. The van der Waals surface area contributed by atoms with E-state index < -0.39 is 5.97 Å². The number of carbonyl (C=O) groups excluding carboxylic acids is 1. The molecule has 1 fully saturated rings. The summed E-state index contributed by atoms with van der Waals surface area (Å²) >= 11 is 1.69. The maximum Gasteiger partial charge on any atom is 0.360 e. The lowest BCUT2D eigenvalue weighted by Gasteiger charge is -2.13. The molecule has 2 aromatic heterocycles. The van der Waals surface area contributed by atoms with E-state index in [0.29, 0.717) is 12.2 Å². The van der Waals surface area contributed by atoms with E-state index in [4.69, 9.17) is 4.74 Å². The molecule has 1 aliphatic heterocycles. The van der Waals surface area contributed by atoms with Crippen LogP contribution < -0.4 is 5.32 Å². The first-order chi connectivity index (χ1) is 10.3. The molecule has 0 amide bonds. The van der Waals surface area contributed by atoms with Gasteiger partial charge >= 0.3 is 5.97 Å². The van der Waals surface area contributed by atoms with Crippen LogP contribution >= 0.6 is 11.3 Å². The van der Waals surface area contributed by atoms with Gasteiger partial charge in [0, 0.05) is 6.54 Å². The van der Waals surface area contributed by atoms with Crippen LogP contribution in [0.2, 0.25) is 0 Å². The Morgan fingerprint density at radius 3 is 3.19 bits per heavy atom. The summed E-state index contributed by atoms with van der Waals surface area (Å²) < 4.78 is 6.66. The highest BCUT2D eigenvalue weighted by Gasteiger charge is 2.28. The van der Waals surface area contributed by atoms with Gasteiger partial charge in [-0.15, -0.1) is 5.10 Å². The Balaban J connectivity index is 1.84. The molecule has 0 aromatic carbocycles. The van der Waals surface area contributed by atoms with Crippen molar-refractivity contribution < 1.29 is 9.53 Å². The van der Waals surface area contributed by atoms with E-state index in [1.54, 1.807) is 11.3 Å². The van der Waals surface area contributed by atoms with Crippen molar-refractivity contribution in [3.63, 3.8) is 0 Å². The number of esters is 1. The van der Waals surface area contributed by atoms with Crippen molar-refractivity contribution in [3.8, 4) is 0 Å². The summed E-state index contributed by atoms with van der Waals surface area (Å²) in [6, 6.07) is 2.24. The predicted octanol–water partition coefficient (Wildman–Crippen LogP) is 1.79. The number of hydrogen-bond acceptors (Lipinski definition) is 6. The van der Waals surface area contributed by atoms with Crippen LogP contribution in [-0.2, 0) is 17.7 Å². The Bertz CT molecular complexity index is 603. The number of hydrogen-bond donors (Lipinski definition) is 1. The summed E-state index contributed by atoms with van der Waals surface area (Å²) in [5.74, 6) is -0.416. The van der Waals surface area contributed by atoms with Gasteiger partial charge in [-0.2, -0.15) is 11.3 Å². The predicted molar refractivity (Wildman–Crippen MR) is 79.4 cm³/mol. The lowest BCUT2D eigenvalue weighted by molar-refractivity contribution is 0.0591. The normalized spacial score (nSPS) is 18.0. The molecule has 0 spiro atoms. The molecular formula is C14H18N4O2S. The fraction of sp³-hybridized carbons (Fsp3) is 0.500. The quantitative estimate of drug-likeness (QED) is 0.853. The third-order valence-corrected chi connectivity index (χ3v) is 4.47. The molecule has 3 heterocycles. The molecule has 0 radical (unpaired) electrons. The molecule has 0 bridgehead atoms. The number of nitrogens with one attached hydrogen (secondary N) is 1. The Kier molecular flexibility index (Phi) is 4.31. The van der Waals surface area contributed by atoms with Crippen molar-refractivity contribution in [1.29, 1.82) is 0 Å². The Morgan fingerprint density at radius 2 is 2.52 bits per heavy atom. The smallest absolute Gasteiger partial charge is 0.360 e. The fourth-order valence-electron chi connectivity index (χ4n) is 2.66. The molecule has 0 aliphatic carbocycles. The minimum absolute atomic E-state index is 0.136. The van der Waals surface area contributed by atoms with Gasteiger partial charge in [-0.3, -0.25) is 0 Å². The maximum absolute atomic E-state index is 11.9. The van der Waals surface area contributed by atoms with Crippen molar-refractivity contribution >= 4 is 17.3 Å². The maximum atomic E-state index is 11.9.